The van der Waals surface area contributed by atoms with E-state index >= 15 is 0 Å². The molecule has 1 N–H and O–H groups in total. The average Bonchev–Trinajstić information content (AvgIpc) is 2.86. The molecular formula is C28H36N4O3. The number of aromatic nitrogens is 1. The van der Waals surface area contributed by atoms with Gasteiger partial charge in [0.05, 0.1) is 17.4 Å². The summed E-state index contributed by atoms with van der Waals surface area (Å²) < 4.78 is 0. The molecule has 0 aliphatic carbocycles. The number of amides is 2. The Morgan fingerprint density at radius 1 is 1.09 bits per heavy atom. The monoisotopic (exact) mass is 476 g/mol. The van der Waals surface area contributed by atoms with Crippen LogP contribution in [0.15, 0.2) is 36.5 Å². The van der Waals surface area contributed by atoms with Gasteiger partial charge in [-0.1, -0.05) is 24.3 Å². The molecule has 1 atom stereocenters. The molecule has 0 spiro atoms. The summed E-state index contributed by atoms with van der Waals surface area (Å²) in [7, 11) is 0. The number of carbonyl (C=O) groups excluding carboxylic acids is 2. The lowest BCUT2D eigenvalue weighted by Crippen LogP contribution is -2.46. The molecule has 2 amide bonds. The SMILES string of the molecule is CC(=O)N1CCC(Cc2cnc3c(c2)C(=O)N(CC(O)CN2CCc4ccccc4C2)CC3)CC1. The predicted molar refractivity (Wildman–Crippen MR) is 134 cm³/mol. The highest BCUT2D eigenvalue weighted by atomic mass is 16.3. The van der Waals surface area contributed by atoms with Crippen molar-refractivity contribution in [3.63, 3.8) is 0 Å². The highest BCUT2D eigenvalue weighted by molar-refractivity contribution is 5.96. The second-order valence-electron chi connectivity index (χ2n) is 10.4. The van der Waals surface area contributed by atoms with Crippen LogP contribution in [-0.4, -0.2) is 82.0 Å². The molecule has 3 aliphatic rings. The minimum Gasteiger partial charge on any atom is -0.390 e. The number of aliphatic hydroxyl groups excluding tert-OH is 1. The topological polar surface area (TPSA) is 77.0 Å². The van der Waals surface area contributed by atoms with E-state index in [1.807, 2.05) is 17.2 Å². The van der Waals surface area contributed by atoms with Crippen LogP contribution in [0.3, 0.4) is 0 Å². The van der Waals surface area contributed by atoms with Gasteiger partial charge >= 0.3 is 0 Å². The quantitative estimate of drug-likeness (QED) is 0.692. The molecular weight excluding hydrogens is 440 g/mol. The number of aliphatic hydroxyl groups is 1. The van der Waals surface area contributed by atoms with Crippen molar-refractivity contribution in [3.8, 4) is 0 Å². The van der Waals surface area contributed by atoms with E-state index in [2.05, 4.69) is 34.1 Å². The summed E-state index contributed by atoms with van der Waals surface area (Å²) in [5, 5.41) is 10.8. The molecule has 1 unspecified atom stereocenters. The molecule has 186 valence electrons. The number of hydrogen-bond donors (Lipinski definition) is 1. The van der Waals surface area contributed by atoms with E-state index in [-0.39, 0.29) is 11.8 Å². The molecule has 1 aromatic carbocycles. The number of benzene rings is 1. The van der Waals surface area contributed by atoms with Crippen molar-refractivity contribution in [3.05, 3.63) is 64.5 Å². The molecule has 4 heterocycles. The van der Waals surface area contributed by atoms with E-state index in [4.69, 9.17) is 0 Å². The lowest BCUT2D eigenvalue weighted by molar-refractivity contribution is -0.130. The minimum absolute atomic E-state index is 0.0185. The van der Waals surface area contributed by atoms with Crippen LogP contribution in [0.4, 0.5) is 0 Å². The molecule has 2 aromatic rings. The average molecular weight is 477 g/mol. The molecule has 1 saturated heterocycles. The van der Waals surface area contributed by atoms with Gasteiger partial charge in [-0.15, -0.1) is 0 Å². The van der Waals surface area contributed by atoms with Crippen LogP contribution in [0.5, 0.6) is 0 Å². The zero-order valence-corrected chi connectivity index (χ0v) is 20.7. The van der Waals surface area contributed by atoms with Crippen molar-refractivity contribution in [1.29, 1.82) is 0 Å². The molecule has 7 heteroatoms. The fraction of sp³-hybridized carbons (Fsp3) is 0.536. The number of nitrogens with zero attached hydrogens (tertiary/aromatic N) is 4. The smallest absolute Gasteiger partial charge is 0.255 e. The van der Waals surface area contributed by atoms with E-state index in [0.29, 0.717) is 31.1 Å². The van der Waals surface area contributed by atoms with Gasteiger partial charge in [-0.3, -0.25) is 19.5 Å². The first-order valence-corrected chi connectivity index (χ1v) is 13.0. The molecule has 35 heavy (non-hydrogen) atoms. The third-order valence-corrected chi connectivity index (χ3v) is 7.86. The summed E-state index contributed by atoms with van der Waals surface area (Å²) in [5.74, 6) is 0.642. The van der Waals surface area contributed by atoms with E-state index < -0.39 is 6.10 Å². The standard InChI is InChI=1S/C28H36N4O3/c1-20(33)31-11-6-21(7-12-31)14-22-15-26-27(29-16-22)9-13-32(28(26)35)19-25(34)18-30-10-8-23-4-2-3-5-24(23)17-30/h2-5,15-16,21,25,34H,6-14,17-19H2,1H3. The van der Waals surface area contributed by atoms with Crippen molar-refractivity contribution in [2.24, 2.45) is 5.92 Å². The molecule has 3 aliphatic heterocycles. The molecule has 1 aromatic heterocycles. The maximum Gasteiger partial charge on any atom is 0.255 e. The van der Waals surface area contributed by atoms with Gasteiger partial charge in [0.15, 0.2) is 0 Å². The highest BCUT2D eigenvalue weighted by Crippen LogP contribution is 2.25. The number of fused-ring (bicyclic) bond motifs is 2. The Kier molecular flexibility index (Phi) is 7.16. The van der Waals surface area contributed by atoms with Gasteiger partial charge in [0.25, 0.3) is 5.91 Å². The number of β-amino-alcohol motifs (C(OH)–C–C–N with tert-alkyl or cyclic N) is 1. The second kappa shape index (κ2) is 10.5. The number of pyridine rings is 1. The largest absolute Gasteiger partial charge is 0.390 e. The van der Waals surface area contributed by atoms with Gasteiger partial charge in [0.1, 0.15) is 0 Å². The molecule has 1 fully saturated rings. The molecule has 0 radical (unpaired) electrons. The maximum absolute atomic E-state index is 13.3. The van der Waals surface area contributed by atoms with Gasteiger partial charge in [0.2, 0.25) is 5.91 Å². The Labute approximate surface area is 207 Å². The number of piperidine rings is 1. The normalized spacial score (nSPS) is 19.9. The minimum atomic E-state index is -0.576. The number of rotatable bonds is 6. The zero-order valence-electron chi connectivity index (χ0n) is 20.7. The summed E-state index contributed by atoms with van der Waals surface area (Å²) in [6.07, 6.45) is 5.94. The van der Waals surface area contributed by atoms with Crippen molar-refractivity contribution < 1.29 is 14.7 Å². The van der Waals surface area contributed by atoms with Crippen LogP contribution < -0.4 is 0 Å². The predicted octanol–water partition coefficient (Wildman–Crippen LogP) is 2.30. The summed E-state index contributed by atoms with van der Waals surface area (Å²) in [6.45, 7) is 6.56. The fourth-order valence-corrected chi connectivity index (χ4v) is 5.82. The maximum atomic E-state index is 13.3. The van der Waals surface area contributed by atoms with Crippen LogP contribution >= 0.6 is 0 Å². The van der Waals surface area contributed by atoms with Crippen LogP contribution in [0.1, 0.15) is 52.5 Å². The van der Waals surface area contributed by atoms with Gasteiger partial charge in [0, 0.05) is 65.4 Å². The Balaban J connectivity index is 1.17. The summed E-state index contributed by atoms with van der Waals surface area (Å²) in [5.41, 5.74) is 5.37. The summed E-state index contributed by atoms with van der Waals surface area (Å²) >= 11 is 0. The Bertz CT molecular complexity index is 1080. The van der Waals surface area contributed by atoms with Gasteiger partial charge < -0.3 is 14.9 Å². The zero-order chi connectivity index (χ0) is 24.4. The van der Waals surface area contributed by atoms with Crippen molar-refractivity contribution >= 4 is 11.8 Å². The van der Waals surface area contributed by atoms with Gasteiger partial charge in [-0.05, 0) is 54.4 Å². The fourth-order valence-electron chi connectivity index (χ4n) is 5.82. The molecule has 0 saturated carbocycles. The Morgan fingerprint density at radius 2 is 1.86 bits per heavy atom. The van der Waals surface area contributed by atoms with Crippen LogP contribution in [0.25, 0.3) is 0 Å². The van der Waals surface area contributed by atoms with Crippen LogP contribution in [-0.2, 0) is 30.6 Å². The van der Waals surface area contributed by atoms with Crippen molar-refractivity contribution in [1.82, 2.24) is 19.7 Å². The third kappa shape index (κ3) is 5.57. The molecule has 5 rings (SSSR count). The van der Waals surface area contributed by atoms with E-state index in [1.54, 1.807) is 11.8 Å². The molecule has 0 bridgehead atoms. The van der Waals surface area contributed by atoms with Crippen molar-refractivity contribution in [2.75, 3.05) is 39.3 Å². The van der Waals surface area contributed by atoms with E-state index in [9.17, 15) is 14.7 Å². The number of carbonyl (C=O) groups is 2. The number of likely N-dealkylation sites (tertiary alicyclic amines) is 1. The highest BCUT2D eigenvalue weighted by Gasteiger charge is 2.29. The Hall–Kier alpha value is -2.77. The lowest BCUT2D eigenvalue weighted by atomic mass is 9.89. The molecule has 7 nitrogen and oxygen atoms in total. The summed E-state index contributed by atoms with van der Waals surface area (Å²) in [6, 6.07) is 10.5. The van der Waals surface area contributed by atoms with E-state index in [0.717, 1.165) is 69.5 Å². The van der Waals surface area contributed by atoms with E-state index in [1.165, 1.54) is 11.1 Å². The van der Waals surface area contributed by atoms with Gasteiger partial charge in [-0.25, -0.2) is 0 Å². The van der Waals surface area contributed by atoms with Crippen LogP contribution in [0.2, 0.25) is 0 Å². The number of hydrogen-bond acceptors (Lipinski definition) is 5. The summed E-state index contributed by atoms with van der Waals surface area (Å²) in [4.78, 5) is 35.5. The van der Waals surface area contributed by atoms with Crippen molar-refractivity contribution in [2.45, 2.75) is 51.7 Å². The first-order valence-electron chi connectivity index (χ1n) is 13.0. The van der Waals surface area contributed by atoms with Crippen LogP contribution in [0, 0.1) is 5.92 Å². The first kappa shape index (κ1) is 23.9. The lowest BCUT2D eigenvalue weighted by Gasteiger charge is -2.34. The van der Waals surface area contributed by atoms with Gasteiger partial charge in [-0.2, -0.15) is 0 Å². The third-order valence-electron chi connectivity index (χ3n) is 7.86. The second-order valence-corrected chi connectivity index (χ2v) is 10.4. The Morgan fingerprint density at radius 3 is 2.63 bits per heavy atom. The first-order chi connectivity index (χ1) is 17.0.